The molecule has 1 saturated heterocycles. The summed E-state index contributed by atoms with van der Waals surface area (Å²) in [6.07, 6.45) is 6.82. The second kappa shape index (κ2) is 10.6. The molecule has 192 valence electrons. The number of carbonyl (C=O) groups excluding carboxylic acids is 2. The van der Waals surface area contributed by atoms with Crippen LogP contribution < -0.4 is 15.4 Å². The molecule has 1 aliphatic rings. The summed E-state index contributed by atoms with van der Waals surface area (Å²) in [5, 5.41) is 10.1. The molecule has 4 aromatic heterocycles. The van der Waals surface area contributed by atoms with E-state index >= 15 is 0 Å². The predicted molar refractivity (Wildman–Crippen MR) is 140 cm³/mol. The molecule has 0 bridgehead atoms. The lowest BCUT2D eigenvalue weighted by atomic mass is 10.1. The molecule has 5 rings (SSSR count). The van der Waals surface area contributed by atoms with E-state index in [1.165, 1.54) is 17.5 Å². The van der Waals surface area contributed by atoms with Crippen LogP contribution in [0.15, 0.2) is 43.0 Å². The highest BCUT2D eigenvalue weighted by Crippen LogP contribution is 2.35. The van der Waals surface area contributed by atoms with Crippen LogP contribution in [-0.4, -0.2) is 75.8 Å². The van der Waals surface area contributed by atoms with Gasteiger partial charge < -0.3 is 20.1 Å². The van der Waals surface area contributed by atoms with E-state index in [1.54, 1.807) is 37.0 Å². The van der Waals surface area contributed by atoms with Crippen molar-refractivity contribution in [3.05, 3.63) is 54.2 Å². The third kappa shape index (κ3) is 5.31. The van der Waals surface area contributed by atoms with Gasteiger partial charge in [-0.05, 0) is 32.0 Å². The number of anilines is 2. The van der Waals surface area contributed by atoms with Gasteiger partial charge in [0, 0.05) is 32.6 Å². The summed E-state index contributed by atoms with van der Waals surface area (Å²) < 4.78 is 12.6. The topological polar surface area (TPSA) is 123 Å². The minimum atomic E-state index is -0.320. The third-order valence-corrected chi connectivity index (χ3v) is 7.15. The number of nitrogens with one attached hydrogen (secondary N) is 2. The summed E-state index contributed by atoms with van der Waals surface area (Å²) in [6.45, 7) is 5.93. The number of fused-ring (bicyclic) bond motifs is 1. The minimum absolute atomic E-state index is 0.149. The average molecular weight is 522 g/mol. The van der Waals surface area contributed by atoms with Crippen molar-refractivity contribution in [3.63, 3.8) is 0 Å². The number of aromatic nitrogens is 4. The van der Waals surface area contributed by atoms with Crippen LogP contribution in [-0.2, 0) is 9.53 Å². The highest BCUT2D eigenvalue weighted by molar-refractivity contribution is 7.21. The zero-order valence-electron chi connectivity index (χ0n) is 20.7. The van der Waals surface area contributed by atoms with Gasteiger partial charge in [0.1, 0.15) is 4.83 Å². The minimum Gasteiger partial charge on any atom is -0.477 e. The van der Waals surface area contributed by atoms with Crippen LogP contribution >= 0.6 is 11.3 Å². The molecule has 2 N–H and O–H groups in total. The molecule has 2 amide bonds. The summed E-state index contributed by atoms with van der Waals surface area (Å²) in [7, 11) is 1.67. The Bertz CT molecular complexity index is 1440. The number of rotatable bonds is 9. The van der Waals surface area contributed by atoms with Crippen molar-refractivity contribution in [2.45, 2.75) is 20.0 Å². The fraction of sp³-hybridized carbons (Fsp3) is 0.320. The molecule has 0 spiro atoms. The van der Waals surface area contributed by atoms with Gasteiger partial charge in [-0.25, -0.2) is 9.50 Å². The Labute approximate surface area is 217 Å². The summed E-state index contributed by atoms with van der Waals surface area (Å²) in [4.78, 5) is 37.9. The smallest absolute Gasteiger partial charge is 0.260 e. The molecule has 11 nitrogen and oxygen atoms in total. The molecule has 0 unspecified atom stereocenters. The fourth-order valence-electron chi connectivity index (χ4n) is 4.02. The number of methoxy groups -OCH3 is 1. The third-order valence-electron chi connectivity index (χ3n) is 6.00. The summed E-state index contributed by atoms with van der Waals surface area (Å²) in [5.41, 5.74) is 2.91. The van der Waals surface area contributed by atoms with Gasteiger partial charge in [0.2, 0.25) is 11.8 Å². The first-order chi connectivity index (χ1) is 17.9. The highest BCUT2D eigenvalue weighted by Gasteiger charge is 2.27. The maximum atomic E-state index is 13.2. The van der Waals surface area contributed by atoms with Crippen LogP contribution in [0.25, 0.3) is 15.3 Å². The number of hydrogen-bond acceptors (Lipinski definition) is 9. The number of hydrogen-bond donors (Lipinski definition) is 2. The molecular formula is C25H27N7O4S. The molecule has 4 aromatic rings. The van der Waals surface area contributed by atoms with E-state index in [2.05, 4.69) is 25.7 Å². The number of amides is 2. The van der Waals surface area contributed by atoms with E-state index in [1.807, 2.05) is 30.2 Å². The standard InChI is InChI=1S/C25H27N7O4S/c1-4-36-24-18(6-5-7-26-24)21-13-32-25(37-21)19(10-28-32)23(34)30-20-8-16(9-27-15(20)2)29-22(33)14-31-11-17(12-31)35-3/h5-10,13,17H,4,11-12,14H2,1-3H3,(H,29,33)(H,30,34). The summed E-state index contributed by atoms with van der Waals surface area (Å²) in [5.74, 6) is 0.0663. The van der Waals surface area contributed by atoms with Crippen LogP contribution in [0.4, 0.5) is 11.4 Å². The lowest BCUT2D eigenvalue weighted by Gasteiger charge is -2.37. The van der Waals surface area contributed by atoms with Crippen molar-refractivity contribution >= 4 is 39.4 Å². The highest BCUT2D eigenvalue weighted by atomic mass is 32.1. The molecule has 1 aliphatic heterocycles. The van der Waals surface area contributed by atoms with Crippen LogP contribution in [0.3, 0.4) is 0 Å². The summed E-state index contributed by atoms with van der Waals surface area (Å²) in [6, 6.07) is 5.47. The second-order valence-corrected chi connectivity index (χ2v) is 9.63. The van der Waals surface area contributed by atoms with Crippen molar-refractivity contribution < 1.29 is 19.1 Å². The SMILES string of the molecule is CCOc1ncccc1-c1cn2ncc(C(=O)Nc3cc(NC(=O)CN4CC(OC)C4)cnc3C)c2s1. The fourth-order valence-corrected chi connectivity index (χ4v) is 5.09. The van der Waals surface area contributed by atoms with Crippen molar-refractivity contribution in [3.8, 4) is 16.3 Å². The Kier molecular flexibility index (Phi) is 7.12. The Morgan fingerprint density at radius 1 is 1.22 bits per heavy atom. The van der Waals surface area contributed by atoms with Crippen LogP contribution in [0, 0.1) is 6.92 Å². The molecule has 0 aliphatic carbocycles. The maximum absolute atomic E-state index is 13.2. The zero-order valence-corrected chi connectivity index (χ0v) is 21.5. The Hall–Kier alpha value is -3.87. The van der Waals surface area contributed by atoms with Gasteiger partial charge in [0.15, 0.2) is 0 Å². The van der Waals surface area contributed by atoms with Gasteiger partial charge in [0.05, 0.1) is 64.7 Å². The largest absolute Gasteiger partial charge is 0.477 e. The first kappa shape index (κ1) is 24.8. The quantitative estimate of drug-likeness (QED) is 0.345. The summed E-state index contributed by atoms with van der Waals surface area (Å²) >= 11 is 1.43. The van der Waals surface area contributed by atoms with Gasteiger partial charge in [-0.1, -0.05) is 0 Å². The van der Waals surface area contributed by atoms with Gasteiger partial charge in [-0.2, -0.15) is 5.10 Å². The molecule has 5 heterocycles. The van der Waals surface area contributed by atoms with E-state index in [0.29, 0.717) is 39.9 Å². The molecule has 12 heteroatoms. The van der Waals surface area contributed by atoms with E-state index in [0.717, 1.165) is 23.5 Å². The number of pyridine rings is 2. The van der Waals surface area contributed by atoms with Gasteiger partial charge >= 0.3 is 0 Å². The lowest BCUT2D eigenvalue weighted by Crippen LogP contribution is -2.53. The average Bonchev–Trinajstić information content (AvgIpc) is 3.45. The normalized spacial score (nSPS) is 13.9. The van der Waals surface area contributed by atoms with Gasteiger partial charge in [0.25, 0.3) is 5.91 Å². The van der Waals surface area contributed by atoms with Crippen LogP contribution in [0.5, 0.6) is 5.88 Å². The Balaban J connectivity index is 1.30. The first-order valence-electron chi connectivity index (χ1n) is 11.8. The number of nitrogens with zero attached hydrogens (tertiary/aromatic N) is 5. The Morgan fingerprint density at radius 2 is 2.05 bits per heavy atom. The number of thiazole rings is 1. The first-order valence-corrected chi connectivity index (χ1v) is 12.6. The van der Waals surface area contributed by atoms with Crippen molar-refractivity contribution in [2.24, 2.45) is 0 Å². The molecule has 0 aromatic carbocycles. The zero-order chi connectivity index (χ0) is 25.9. The van der Waals surface area contributed by atoms with E-state index in [9.17, 15) is 9.59 Å². The van der Waals surface area contributed by atoms with Crippen molar-refractivity contribution in [1.29, 1.82) is 0 Å². The van der Waals surface area contributed by atoms with Gasteiger partial charge in [-0.15, -0.1) is 11.3 Å². The monoisotopic (exact) mass is 521 g/mol. The van der Waals surface area contributed by atoms with Crippen LogP contribution in [0.2, 0.25) is 0 Å². The van der Waals surface area contributed by atoms with E-state index in [4.69, 9.17) is 9.47 Å². The molecule has 0 radical (unpaired) electrons. The molecule has 1 fully saturated rings. The predicted octanol–water partition coefficient (Wildman–Crippen LogP) is 3.08. The van der Waals surface area contributed by atoms with Gasteiger partial charge in [-0.3, -0.25) is 19.5 Å². The molecule has 0 saturated carbocycles. The number of likely N-dealkylation sites (tertiary alicyclic amines) is 1. The molecule has 0 atom stereocenters. The lowest BCUT2D eigenvalue weighted by molar-refractivity contribution is -0.120. The second-order valence-electron chi connectivity index (χ2n) is 8.60. The molecular weight excluding hydrogens is 494 g/mol. The number of carbonyl (C=O) groups is 2. The van der Waals surface area contributed by atoms with Crippen LogP contribution in [0.1, 0.15) is 23.0 Å². The number of ether oxygens (including phenoxy) is 2. The number of aryl methyl sites for hydroxylation is 1. The molecule has 37 heavy (non-hydrogen) atoms. The van der Waals surface area contributed by atoms with E-state index in [-0.39, 0.29) is 24.5 Å². The van der Waals surface area contributed by atoms with Crippen molar-refractivity contribution in [1.82, 2.24) is 24.5 Å². The van der Waals surface area contributed by atoms with Crippen molar-refractivity contribution in [2.75, 3.05) is 44.0 Å². The Morgan fingerprint density at radius 3 is 2.84 bits per heavy atom. The maximum Gasteiger partial charge on any atom is 0.260 e. The van der Waals surface area contributed by atoms with E-state index < -0.39 is 0 Å².